The molecule has 1 heterocycles. The van der Waals surface area contributed by atoms with Gasteiger partial charge in [-0.25, -0.2) is 14.4 Å². The van der Waals surface area contributed by atoms with Crippen molar-refractivity contribution in [2.75, 3.05) is 26.9 Å². The summed E-state index contributed by atoms with van der Waals surface area (Å²) < 4.78 is 36.5. The van der Waals surface area contributed by atoms with Crippen LogP contribution in [0.5, 0.6) is 0 Å². The highest BCUT2D eigenvalue weighted by Gasteiger charge is 2.53. The Morgan fingerprint density at radius 2 is 1.52 bits per heavy atom. The predicted octanol–water partition coefficient (Wildman–Crippen LogP) is 1.99. The van der Waals surface area contributed by atoms with Gasteiger partial charge in [-0.15, -0.1) is 0 Å². The molecule has 0 unspecified atom stereocenters. The molecule has 0 aromatic heterocycles. The maximum absolute atomic E-state index is 12.7. The minimum Gasteiger partial charge on any atom is -0.452 e. The van der Waals surface area contributed by atoms with Gasteiger partial charge in [-0.1, -0.05) is 43.5 Å². The number of aliphatic hydroxyl groups is 1. The van der Waals surface area contributed by atoms with Gasteiger partial charge in [0.25, 0.3) is 0 Å². The summed E-state index contributed by atoms with van der Waals surface area (Å²) in [5.74, 6) is -0.792. The Balaban J connectivity index is 2.35. The molecule has 0 spiro atoms. The van der Waals surface area contributed by atoms with Gasteiger partial charge in [0.1, 0.15) is 19.3 Å². The van der Waals surface area contributed by atoms with Gasteiger partial charge in [-0.3, -0.25) is 0 Å². The molecule has 0 saturated carbocycles. The predicted molar refractivity (Wildman–Crippen MR) is 111 cm³/mol. The molecule has 11 nitrogen and oxygen atoms in total. The number of esters is 1. The number of benzene rings is 1. The molecule has 11 heteroatoms. The molecular formula is C22H26O11. The van der Waals surface area contributed by atoms with Crippen LogP contribution < -0.4 is 0 Å². The molecule has 2 rings (SSSR count). The van der Waals surface area contributed by atoms with Gasteiger partial charge in [0, 0.05) is 7.11 Å². The van der Waals surface area contributed by atoms with Crippen molar-refractivity contribution in [3.8, 4) is 0 Å². The van der Waals surface area contributed by atoms with Crippen molar-refractivity contribution in [2.45, 2.75) is 30.7 Å². The molecular weight excluding hydrogens is 440 g/mol. The fourth-order valence-electron chi connectivity index (χ4n) is 2.93. The maximum atomic E-state index is 12.7. The molecule has 1 aromatic rings. The number of hydrogen-bond donors (Lipinski definition) is 1. The van der Waals surface area contributed by atoms with E-state index in [9.17, 15) is 19.5 Å². The standard InChI is InChI=1S/C22H26O11/c1-4-11-28-21(25)32-17-16(31-19(24)14-9-7-6-8-10-14)15(13-23)30-20(27-3)18(17)33-22(26)29-12-5-2/h4-10,15-18,20,23H,1-2,11-13H2,3H3/t15-,16-,17+,18+,20+/m1/s1. The molecule has 0 radical (unpaired) electrons. The molecule has 1 fully saturated rings. The van der Waals surface area contributed by atoms with Gasteiger partial charge < -0.3 is 38.3 Å². The van der Waals surface area contributed by atoms with Crippen LogP contribution in [0.4, 0.5) is 9.59 Å². The summed E-state index contributed by atoms with van der Waals surface area (Å²) >= 11 is 0. The third-order valence-electron chi connectivity index (χ3n) is 4.36. The molecule has 1 aromatic carbocycles. The molecule has 0 amide bonds. The highest BCUT2D eigenvalue weighted by Crippen LogP contribution is 2.30. The number of carbonyl (C=O) groups excluding carboxylic acids is 3. The number of ether oxygens (including phenoxy) is 7. The van der Waals surface area contributed by atoms with E-state index in [4.69, 9.17) is 33.2 Å². The van der Waals surface area contributed by atoms with Crippen molar-refractivity contribution in [1.82, 2.24) is 0 Å². The Morgan fingerprint density at radius 1 is 0.939 bits per heavy atom. The third kappa shape index (κ3) is 7.31. The lowest BCUT2D eigenvalue weighted by atomic mass is 9.98. The van der Waals surface area contributed by atoms with Gasteiger partial charge >= 0.3 is 18.3 Å². The lowest BCUT2D eigenvalue weighted by molar-refractivity contribution is -0.295. The lowest BCUT2D eigenvalue weighted by Gasteiger charge is -2.43. The van der Waals surface area contributed by atoms with Crippen molar-refractivity contribution in [2.24, 2.45) is 0 Å². The van der Waals surface area contributed by atoms with E-state index in [1.54, 1.807) is 18.2 Å². The Bertz CT molecular complexity index is 810. The second kappa shape index (κ2) is 13.2. The van der Waals surface area contributed by atoms with Crippen LogP contribution in [0.25, 0.3) is 0 Å². The van der Waals surface area contributed by atoms with Crippen LogP contribution in [0, 0.1) is 0 Å². The zero-order valence-electron chi connectivity index (χ0n) is 18.0. The third-order valence-corrected chi connectivity index (χ3v) is 4.36. The largest absolute Gasteiger partial charge is 0.509 e. The lowest BCUT2D eigenvalue weighted by Crippen LogP contribution is -2.62. The zero-order chi connectivity index (χ0) is 24.2. The van der Waals surface area contributed by atoms with Crippen molar-refractivity contribution < 1.29 is 52.6 Å². The summed E-state index contributed by atoms with van der Waals surface area (Å²) in [5.41, 5.74) is 0.193. The summed E-state index contributed by atoms with van der Waals surface area (Å²) in [4.78, 5) is 37.0. The van der Waals surface area contributed by atoms with Crippen LogP contribution in [0.2, 0.25) is 0 Å². The van der Waals surface area contributed by atoms with Crippen molar-refractivity contribution >= 4 is 18.3 Å². The first-order chi connectivity index (χ1) is 15.9. The molecule has 180 valence electrons. The minimum atomic E-state index is -1.48. The van der Waals surface area contributed by atoms with Gasteiger partial charge in [0.05, 0.1) is 12.2 Å². The van der Waals surface area contributed by atoms with Gasteiger partial charge in [0.15, 0.2) is 24.6 Å². The van der Waals surface area contributed by atoms with Gasteiger partial charge in [-0.05, 0) is 12.1 Å². The van der Waals surface area contributed by atoms with E-state index in [1.165, 1.54) is 31.4 Å². The topological polar surface area (TPSA) is 136 Å². The molecule has 0 bridgehead atoms. The minimum absolute atomic E-state index is 0.150. The molecule has 5 atom stereocenters. The highest BCUT2D eigenvalue weighted by atomic mass is 16.8. The van der Waals surface area contributed by atoms with E-state index < -0.39 is 55.6 Å². The van der Waals surface area contributed by atoms with Crippen molar-refractivity contribution in [1.29, 1.82) is 0 Å². The zero-order valence-corrected chi connectivity index (χ0v) is 18.0. The first-order valence-corrected chi connectivity index (χ1v) is 9.88. The van der Waals surface area contributed by atoms with Crippen LogP contribution in [-0.4, -0.2) is 81.0 Å². The van der Waals surface area contributed by atoms with Crippen LogP contribution >= 0.6 is 0 Å². The molecule has 1 N–H and O–H groups in total. The van der Waals surface area contributed by atoms with Crippen LogP contribution in [-0.2, 0) is 33.2 Å². The molecule has 1 aliphatic heterocycles. The van der Waals surface area contributed by atoms with Crippen molar-refractivity contribution in [3.05, 3.63) is 61.2 Å². The summed E-state index contributed by atoms with van der Waals surface area (Å²) in [6.07, 6.45) is -6.50. The first-order valence-electron chi connectivity index (χ1n) is 9.88. The summed E-state index contributed by atoms with van der Waals surface area (Å²) in [7, 11) is 1.24. The SMILES string of the molecule is C=CCOC(=O)O[C@@H]1[C@H](OC(=O)OCC=C)[C@@H](OC)O[C@H](CO)[C@H]1OC(=O)c1ccccc1. The summed E-state index contributed by atoms with van der Waals surface area (Å²) in [6, 6.07) is 7.97. The van der Waals surface area contributed by atoms with Crippen LogP contribution in [0.1, 0.15) is 10.4 Å². The number of aliphatic hydroxyl groups excluding tert-OH is 1. The van der Waals surface area contributed by atoms with E-state index in [0.717, 1.165) is 0 Å². The number of methoxy groups -OCH3 is 1. The highest BCUT2D eigenvalue weighted by molar-refractivity contribution is 5.89. The summed E-state index contributed by atoms with van der Waals surface area (Å²) in [6.45, 7) is 5.90. The average Bonchev–Trinajstić information content (AvgIpc) is 2.83. The Hall–Kier alpha value is -3.41. The Kier molecular flexibility index (Phi) is 10.3. The van der Waals surface area contributed by atoms with Gasteiger partial charge in [0.2, 0.25) is 0 Å². The number of carbonyl (C=O) groups is 3. The molecule has 1 aliphatic rings. The molecule has 1 saturated heterocycles. The van der Waals surface area contributed by atoms with E-state index in [0.29, 0.717) is 0 Å². The van der Waals surface area contributed by atoms with Crippen LogP contribution in [0.3, 0.4) is 0 Å². The van der Waals surface area contributed by atoms with E-state index >= 15 is 0 Å². The monoisotopic (exact) mass is 466 g/mol. The maximum Gasteiger partial charge on any atom is 0.509 e. The van der Waals surface area contributed by atoms with E-state index in [1.807, 2.05) is 0 Å². The van der Waals surface area contributed by atoms with Crippen molar-refractivity contribution in [3.63, 3.8) is 0 Å². The van der Waals surface area contributed by atoms with E-state index in [2.05, 4.69) is 13.2 Å². The first kappa shape index (κ1) is 25.8. The smallest absolute Gasteiger partial charge is 0.452 e. The number of hydrogen-bond acceptors (Lipinski definition) is 11. The average molecular weight is 466 g/mol. The van der Waals surface area contributed by atoms with Crippen LogP contribution in [0.15, 0.2) is 55.6 Å². The second-order valence-electron chi connectivity index (χ2n) is 6.56. The fraction of sp³-hybridized carbons (Fsp3) is 0.409. The summed E-state index contributed by atoms with van der Waals surface area (Å²) in [5, 5.41) is 9.84. The normalized spacial score (nSPS) is 24.1. The molecule has 33 heavy (non-hydrogen) atoms. The van der Waals surface area contributed by atoms with Gasteiger partial charge in [-0.2, -0.15) is 0 Å². The fourth-order valence-corrected chi connectivity index (χ4v) is 2.93. The quantitative estimate of drug-likeness (QED) is 0.308. The number of rotatable bonds is 10. The Labute approximate surface area is 190 Å². The molecule has 0 aliphatic carbocycles. The Morgan fingerprint density at radius 3 is 2.03 bits per heavy atom. The second-order valence-corrected chi connectivity index (χ2v) is 6.56. The van der Waals surface area contributed by atoms with E-state index in [-0.39, 0.29) is 18.8 Å².